The Labute approximate surface area is 118 Å². The predicted molar refractivity (Wildman–Crippen MR) is 76.0 cm³/mol. The van der Waals surface area contributed by atoms with Crippen molar-refractivity contribution < 1.29 is 13.5 Å². The van der Waals surface area contributed by atoms with E-state index in [1.807, 2.05) is 6.92 Å². The van der Waals surface area contributed by atoms with E-state index in [-0.39, 0.29) is 11.8 Å². The van der Waals surface area contributed by atoms with Gasteiger partial charge in [0.25, 0.3) is 0 Å². The molecule has 1 unspecified atom stereocenters. The van der Waals surface area contributed by atoms with Gasteiger partial charge in [0.15, 0.2) is 0 Å². The minimum atomic E-state index is -0.515. The van der Waals surface area contributed by atoms with Gasteiger partial charge >= 0.3 is 0 Å². The minimum Gasteiger partial charge on any atom is -0.376 e. The van der Waals surface area contributed by atoms with Gasteiger partial charge in [-0.15, -0.1) is 0 Å². The van der Waals surface area contributed by atoms with E-state index in [4.69, 9.17) is 4.74 Å². The van der Waals surface area contributed by atoms with Crippen LogP contribution in [0.3, 0.4) is 0 Å². The standard InChI is InChI=1S/C15H22F2N2O/c1-3-18-9-11-7-13(16)15(14(17)8-11)19(2)10-12-5-4-6-20-12/h7-8,12,18H,3-6,9-10H2,1-2H3. The van der Waals surface area contributed by atoms with Gasteiger partial charge in [-0.3, -0.25) is 0 Å². The highest BCUT2D eigenvalue weighted by molar-refractivity contribution is 5.50. The van der Waals surface area contributed by atoms with Crippen molar-refractivity contribution in [2.45, 2.75) is 32.4 Å². The number of anilines is 1. The summed E-state index contributed by atoms with van der Waals surface area (Å²) in [7, 11) is 1.70. The van der Waals surface area contributed by atoms with Crippen LogP contribution in [0.25, 0.3) is 0 Å². The fourth-order valence-electron chi connectivity index (χ4n) is 2.54. The van der Waals surface area contributed by atoms with Crippen molar-refractivity contribution in [1.82, 2.24) is 5.32 Å². The average Bonchev–Trinajstić information content (AvgIpc) is 2.88. The van der Waals surface area contributed by atoms with Crippen molar-refractivity contribution in [2.24, 2.45) is 0 Å². The van der Waals surface area contributed by atoms with Crippen LogP contribution in [-0.4, -0.2) is 32.8 Å². The summed E-state index contributed by atoms with van der Waals surface area (Å²) in [5, 5.41) is 3.06. The minimum absolute atomic E-state index is 0.0285. The van der Waals surface area contributed by atoms with Gasteiger partial charge in [-0.2, -0.15) is 0 Å². The predicted octanol–water partition coefficient (Wildman–Crippen LogP) is 2.69. The van der Waals surface area contributed by atoms with E-state index in [0.717, 1.165) is 26.0 Å². The number of hydrogen-bond acceptors (Lipinski definition) is 3. The number of nitrogens with one attached hydrogen (secondary N) is 1. The maximum Gasteiger partial charge on any atom is 0.149 e. The zero-order valence-corrected chi connectivity index (χ0v) is 12.1. The first kappa shape index (κ1) is 15.2. The molecular formula is C15H22F2N2O. The summed E-state index contributed by atoms with van der Waals surface area (Å²) in [5.41, 5.74) is 0.650. The van der Waals surface area contributed by atoms with E-state index in [1.54, 1.807) is 11.9 Å². The van der Waals surface area contributed by atoms with E-state index in [2.05, 4.69) is 5.32 Å². The molecular weight excluding hydrogens is 262 g/mol. The largest absolute Gasteiger partial charge is 0.376 e. The molecule has 1 aliphatic rings. The van der Waals surface area contributed by atoms with Crippen LogP contribution in [0.4, 0.5) is 14.5 Å². The Morgan fingerprint density at radius 1 is 1.35 bits per heavy atom. The molecule has 0 aliphatic carbocycles. The number of ether oxygens (including phenoxy) is 1. The summed E-state index contributed by atoms with van der Waals surface area (Å²) in [6.07, 6.45) is 2.04. The molecule has 1 aliphatic heterocycles. The topological polar surface area (TPSA) is 24.5 Å². The summed E-state index contributed by atoms with van der Waals surface area (Å²) in [6.45, 7) is 4.45. The van der Waals surface area contributed by atoms with E-state index in [0.29, 0.717) is 18.7 Å². The van der Waals surface area contributed by atoms with Crippen LogP contribution >= 0.6 is 0 Å². The van der Waals surface area contributed by atoms with Crippen molar-refractivity contribution in [3.05, 3.63) is 29.3 Å². The molecule has 2 rings (SSSR count). The number of halogens is 2. The van der Waals surface area contributed by atoms with Crippen molar-refractivity contribution >= 4 is 5.69 Å². The van der Waals surface area contributed by atoms with Gasteiger partial charge in [-0.1, -0.05) is 6.92 Å². The van der Waals surface area contributed by atoms with Gasteiger partial charge in [0.1, 0.15) is 17.3 Å². The second-order valence-electron chi connectivity index (χ2n) is 5.20. The molecule has 1 fully saturated rings. The van der Waals surface area contributed by atoms with Crippen LogP contribution in [-0.2, 0) is 11.3 Å². The molecule has 0 bridgehead atoms. The van der Waals surface area contributed by atoms with E-state index < -0.39 is 11.6 Å². The second kappa shape index (κ2) is 6.99. The molecule has 0 saturated carbocycles. The molecule has 20 heavy (non-hydrogen) atoms. The van der Waals surface area contributed by atoms with Gasteiger partial charge < -0.3 is 15.0 Å². The molecule has 112 valence electrons. The van der Waals surface area contributed by atoms with Crippen molar-refractivity contribution in [1.29, 1.82) is 0 Å². The third-order valence-electron chi connectivity index (χ3n) is 3.54. The van der Waals surface area contributed by atoms with Crippen molar-refractivity contribution in [3.63, 3.8) is 0 Å². The van der Waals surface area contributed by atoms with Crippen LogP contribution in [0.5, 0.6) is 0 Å². The van der Waals surface area contributed by atoms with Gasteiger partial charge in [0.05, 0.1) is 6.10 Å². The van der Waals surface area contributed by atoms with Gasteiger partial charge in [-0.25, -0.2) is 8.78 Å². The summed E-state index contributed by atoms with van der Waals surface area (Å²) in [6, 6.07) is 2.79. The summed E-state index contributed by atoms with van der Waals surface area (Å²) in [4.78, 5) is 1.61. The Bertz CT molecular complexity index is 424. The molecule has 5 heteroatoms. The normalized spacial score (nSPS) is 18.5. The molecule has 1 saturated heterocycles. The maximum absolute atomic E-state index is 14.1. The van der Waals surface area contributed by atoms with E-state index in [1.165, 1.54) is 12.1 Å². The number of nitrogens with zero attached hydrogens (tertiary/aromatic N) is 1. The molecule has 1 aromatic rings. The monoisotopic (exact) mass is 284 g/mol. The Balaban J connectivity index is 2.09. The third-order valence-corrected chi connectivity index (χ3v) is 3.54. The fraction of sp³-hybridized carbons (Fsp3) is 0.600. The molecule has 1 aromatic carbocycles. The average molecular weight is 284 g/mol. The quantitative estimate of drug-likeness (QED) is 0.869. The summed E-state index contributed by atoms with van der Waals surface area (Å²) < 4.78 is 33.7. The lowest BCUT2D eigenvalue weighted by Crippen LogP contribution is -2.30. The van der Waals surface area contributed by atoms with Gasteiger partial charge in [0.2, 0.25) is 0 Å². The van der Waals surface area contributed by atoms with Crippen molar-refractivity contribution in [3.8, 4) is 0 Å². The molecule has 0 radical (unpaired) electrons. The first-order chi connectivity index (χ1) is 9.61. The van der Waals surface area contributed by atoms with Crippen LogP contribution in [0.1, 0.15) is 25.3 Å². The number of rotatable bonds is 6. The smallest absolute Gasteiger partial charge is 0.149 e. The molecule has 3 nitrogen and oxygen atoms in total. The van der Waals surface area contributed by atoms with Gasteiger partial charge in [0, 0.05) is 26.7 Å². The van der Waals surface area contributed by atoms with Crippen LogP contribution in [0, 0.1) is 11.6 Å². The number of benzene rings is 1. The highest BCUT2D eigenvalue weighted by Gasteiger charge is 2.21. The second-order valence-corrected chi connectivity index (χ2v) is 5.20. The SMILES string of the molecule is CCNCc1cc(F)c(N(C)CC2CCCO2)c(F)c1. The lowest BCUT2D eigenvalue weighted by Gasteiger charge is -2.24. The van der Waals surface area contributed by atoms with Gasteiger partial charge in [-0.05, 0) is 37.1 Å². The zero-order valence-electron chi connectivity index (χ0n) is 12.1. The van der Waals surface area contributed by atoms with Crippen LogP contribution in [0.15, 0.2) is 12.1 Å². The molecule has 0 spiro atoms. The lowest BCUT2D eigenvalue weighted by molar-refractivity contribution is 0.116. The highest BCUT2D eigenvalue weighted by Crippen LogP contribution is 2.25. The molecule has 1 atom stereocenters. The summed E-state index contributed by atoms with van der Waals surface area (Å²) in [5.74, 6) is -1.03. The first-order valence-corrected chi connectivity index (χ1v) is 7.13. The lowest BCUT2D eigenvalue weighted by atomic mass is 10.1. The summed E-state index contributed by atoms with van der Waals surface area (Å²) >= 11 is 0. The van der Waals surface area contributed by atoms with Crippen LogP contribution in [0.2, 0.25) is 0 Å². The zero-order chi connectivity index (χ0) is 14.5. The Morgan fingerprint density at radius 2 is 2.05 bits per heavy atom. The Morgan fingerprint density at radius 3 is 2.60 bits per heavy atom. The van der Waals surface area contributed by atoms with E-state index >= 15 is 0 Å². The van der Waals surface area contributed by atoms with Crippen LogP contribution < -0.4 is 10.2 Å². The number of hydrogen-bond donors (Lipinski definition) is 1. The highest BCUT2D eigenvalue weighted by atomic mass is 19.1. The molecule has 1 N–H and O–H groups in total. The molecule has 1 heterocycles. The number of likely N-dealkylation sites (N-methyl/N-ethyl adjacent to an activating group) is 1. The molecule has 0 amide bonds. The van der Waals surface area contributed by atoms with E-state index in [9.17, 15) is 8.78 Å². The molecule has 0 aromatic heterocycles. The third kappa shape index (κ3) is 3.67. The van der Waals surface area contributed by atoms with Crippen molar-refractivity contribution in [2.75, 3.05) is 31.6 Å². The fourth-order valence-corrected chi connectivity index (χ4v) is 2.54. The maximum atomic E-state index is 14.1. The first-order valence-electron chi connectivity index (χ1n) is 7.13. The Hall–Kier alpha value is -1.20. The Kier molecular flexibility index (Phi) is 5.31.